The summed E-state index contributed by atoms with van der Waals surface area (Å²) in [5.74, 6) is -0.772. The lowest BCUT2D eigenvalue weighted by Gasteiger charge is -2.14. The predicted octanol–water partition coefficient (Wildman–Crippen LogP) is 3.25. The van der Waals surface area contributed by atoms with E-state index in [1.165, 1.54) is 0 Å². The number of aryl methyl sites for hydroxylation is 1. The van der Waals surface area contributed by atoms with Gasteiger partial charge in [0.05, 0.1) is 5.92 Å². The summed E-state index contributed by atoms with van der Waals surface area (Å²) in [4.78, 5) is 27.3. The molecule has 4 nitrogen and oxygen atoms in total. The van der Waals surface area contributed by atoms with E-state index >= 15 is 0 Å². The van der Waals surface area contributed by atoms with Gasteiger partial charge in [-0.3, -0.25) is 9.59 Å². The van der Waals surface area contributed by atoms with E-state index in [-0.39, 0.29) is 17.7 Å². The molecular weight excluding hydrogens is 254 g/mol. The van der Waals surface area contributed by atoms with Crippen LogP contribution in [0.2, 0.25) is 0 Å². The van der Waals surface area contributed by atoms with Crippen molar-refractivity contribution in [3.63, 3.8) is 0 Å². The van der Waals surface area contributed by atoms with Crippen molar-refractivity contribution in [2.45, 2.75) is 33.8 Å². The normalized spacial score (nSPS) is 12.7. The van der Waals surface area contributed by atoms with Gasteiger partial charge < -0.3 is 9.72 Å². The molecule has 1 atom stereocenters. The molecular formula is C16H19NO3. The van der Waals surface area contributed by atoms with Gasteiger partial charge in [0, 0.05) is 22.2 Å². The molecule has 0 aliphatic heterocycles. The molecule has 0 saturated heterocycles. The van der Waals surface area contributed by atoms with E-state index in [2.05, 4.69) is 4.98 Å². The average Bonchev–Trinajstić information content (AvgIpc) is 2.73. The van der Waals surface area contributed by atoms with Crippen molar-refractivity contribution in [3.8, 4) is 0 Å². The van der Waals surface area contributed by atoms with Gasteiger partial charge in [-0.2, -0.15) is 0 Å². The maximum atomic E-state index is 12.5. The summed E-state index contributed by atoms with van der Waals surface area (Å²) in [5.41, 5.74) is 2.31. The average molecular weight is 273 g/mol. The van der Waals surface area contributed by atoms with Crippen LogP contribution in [-0.4, -0.2) is 22.8 Å². The minimum Gasteiger partial charge on any atom is -0.454 e. The number of Topliss-reactive ketones (excluding diaryl/α,β-unsaturated/α-hetero) is 1. The monoisotopic (exact) mass is 273 g/mol. The fourth-order valence-corrected chi connectivity index (χ4v) is 2.16. The number of aromatic nitrogens is 1. The molecule has 0 saturated carbocycles. The molecule has 20 heavy (non-hydrogen) atoms. The van der Waals surface area contributed by atoms with Crippen LogP contribution in [0.4, 0.5) is 0 Å². The van der Waals surface area contributed by atoms with E-state index in [0.29, 0.717) is 5.56 Å². The largest absolute Gasteiger partial charge is 0.454 e. The number of benzene rings is 1. The highest BCUT2D eigenvalue weighted by Gasteiger charge is 2.25. The Morgan fingerprint density at radius 2 is 1.80 bits per heavy atom. The molecule has 2 rings (SSSR count). The molecule has 106 valence electrons. The standard InChI is InChI=1S/C16H19NO3/c1-9(2)16(19)20-11(4)15(18)14-10(3)17-13-8-6-5-7-12(13)14/h5-9,11,17H,1-4H3/t11-/m0/s1. The highest BCUT2D eigenvalue weighted by molar-refractivity contribution is 6.11. The Balaban J connectivity index is 2.31. The van der Waals surface area contributed by atoms with Crippen LogP contribution in [0.3, 0.4) is 0 Å². The van der Waals surface area contributed by atoms with Gasteiger partial charge in [0.1, 0.15) is 0 Å². The maximum Gasteiger partial charge on any atom is 0.309 e. The minimum atomic E-state index is -0.775. The third kappa shape index (κ3) is 2.59. The van der Waals surface area contributed by atoms with E-state index < -0.39 is 6.10 Å². The fraction of sp³-hybridized carbons (Fsp3) is 0.375. The number of hydrogen-bond acceptors (Lipinski definition) is 3. The number of esters is 1. The van der Waals surface area contributed by atoms with Crippen molar-refractivity contribution in [3.05, 3.63) is 35.5 Å². The van der Waals surface area contributed by atoms with Gasteiger partial charge in [0.15, 0.2) is 6.10 Å². The van der Waals surface area contributed by atoms with E-state index in [4.69, 9.17) is 4.74 Å². The number of carbonyl (C=O) groups is 2. The Kier molecular flexibility index (Phi) is 3.93. The molecule has 1 aromatic heterocycles. The highest BCUT2D eigenvalue weighted by Crippen LogP contribution is 2.24. The van der Waals surface area contributed by atoms with E-state index in [1.54, 1.807) is 20.8 Å². The van der Waals surface area contributed by atoms with Gasteiger partial charge in [0.2, 0.25) is 5.78 Å². The summed E-state index contributed by atoms with van der Waals surface area (Å²) in [6.07, 6.45) is -0.775. The molecule has 0 aliphatic carbocycles. The third-order valence-corrected chi connectivity index (χ3v) is 3.27. The summed E-state index contributed by atoms with van der Waals surface area (Å²) < 4.78 is 5.20. The zero-order chi connectivity index (χ0) is 14.9. The number of rotatable bonds is 4. The van der Waals surface area contributed by atoms with Gasteiger partial charge in [0.25, 0.3) is 0 Å². The van der Waals surface area contributed by atoms with Crippen LogP contribution in [-0.2, 0) is 9.53 Å². The van der Waals surface area contributed by atoms with Gasteiger partial charge in [-0.15, -0.1) is 0 Å². The molecule has 1 N–H and O–H groups in total. The summed E-state index contributed by atoms with van der Waals surface area (Å²) in [7, 11) is 0. The van der Waals surface area contributed by atoms with Crippen LogP contribution in [0, 0.1) is 12.8 Å². The molecule has 0 bridgehead atoms. The van der Waals surface area contributed by atoms with Crippen molar-refractivity contribution in [2.75, 3.05) is 0 Å². The Morgan fingerprint density at radius 3 is 2.45 bits per heavy atom. The quantitative estimate of drug-likeness (QED) is 0.687. The second kappa shape index (κ2) is 5.49. The lowest BCUT2D eigenvalue weighted by atomic mass is 10.0. The van der Waals surface area contributed by atoms with Gasteiger partial charge in [-0.25, -0.2) is 0 Å². The number of carbonyl (C=O) groups excluding carboxylic acids is 2. The third-order valence-electron chi connectivity index (χ3n) is 3.27. The molecule has 1 heterocycles. The first-order chi connectivity index (χ1) is 9.41. The van der Waals surface area contributed by atoms with Crippen molar-refractivity contribution >= 4 is 22.7 Å². The number of ether oxygens (including phenoxy) is 1. The zero-order valence-corrected chi connectivity index (χ0v) is 12.2. The van der Waals surface area contributed by atoms with Crippen LogP contribution in [0.1, 0.15) is 36.8 Å². The zero-order valence-electron chi connectivity index (χ0n) is 12.2. The summed E-state index contributed by atoms with van der Waals surface area (Å²) in [5, 5.41) is 0.863. The van der Waals surface area contributed by atoms with Gasteiger partial charge in [-0.05, 0) is 19.9 Å². The molecule has 0 aliphatic rings. The predicted molar refractivity (Wildman–Crippen MR) is 77.8 cm³/mol. The lowest BCUT2D eigenvalue weighted by Crippen LogP contribution is -2.26. The van der Waals surface area contributed by atoms with Crippen molar-refractivity contribution in [1.82, 2.24) is 4.98 Å². The first kappa shape index (κ1) is 14.3. The molecule has 0 spiro atoms. The minimum absolute atomic E-state index is 0.172. The van der Waals surface area contributed by atoms with Crippen LogP contribution < -0.4 is 0 Å². The Morgan fingerprint density at radius 1 is 1.15 bits per heavy atom. The summed E-state index contributed by atoms with van der Waals surface area (Å²) in [6.45, 7) is 6.96. The van der Waals surface area contributed by atoms with Crippen LogP contribution in [0.5, 0.6) is 0 Å². The van der Waals surface area contributed by atoms with Crippen LogP contribution in [0.15, 0.2) is 24.3 Å². The Labute approximate surface area is 118 Å². The maximum absolute atomic E-state index is 12.5. The molecule has 0 fully saturated rings. The SMILES string of the molecule is Cc1[nH]c2ccccc2c1C(=O)[C@H](C)OC(=O)C(C)C. The fourth-order valence-electron chi connectivity index (χ4n) is 2.16. The molecule has 2 aromatic rings. The van der Waals surface area contributed by atoms with Crippen molar-refractivity contribution < 1.29 is 14.3 Å². The number of H-pyrrole nitrogens is 1. The Hall–Kier alpha value is -2.10. The van der Waals surface area contributed by atoms with Crippen LogP contribution >= 0.6 is 0 Å². The first-order valence-electron chi connectivity index (χ1n) is 6.73. The highest BCUT2D eigenvalue weighted by atomic mass is 16.5. The number of para-hydroxylation sites is 1. The van der Waals surface area contributed by atoms with Crippen LogP contribution in [0.25, 0.3) is 10.9 Å². The van der Waals surface area contributed by atoms with E-state index in [9.17, 15) is 9.59 Å². The molecule has 0 unspecified atom stereocenters. The number of fused-ring (bicyclic) bond motifs is 1. The molecule has 0 amide bonds. The topological polar surface area (TPSA) is 59.2 Å². The smallest absolute Gasteiger partial charge is 0.309 e. The Bertz CT molecular complexity index is 655. The lowest BCUT2D eigenvalue weighted by molar-refractivity contribution is -0.150. The number of nitrogens with one attached hydrogen (secondary N) is 1. The number of hydrogen-bond donors (Lipinski definition) is 1. The second-order valence-corrected chi connectivity index (χ2v) is 5.27. The number of aromatic amines is 1. The summed E-state index contributed by atoms with van der Waals surface area (Å²) >= 11 is 0. The summed E-state index contributed by atoms with van der Waals surface area (Å²) in [6, 6.07) is 7.61. The van der Waals surface area contributed by atoms with Crippen molar-refractivity contribution in [2.24, 2.45) is 5.92 Å². The number of ketones is 1. The van der Waals surface area contributed by atoms with Gasteiger partial charge >= 0.3 is 5.97 Å². The molecule has 4 heteroatoms. The van der Waals surface area contributed by atoms with Crippen molar-refractivity contribution in [1.29, 1.82) is 0 Å². The molecule has 0 radical (unpaired) electrons. The second-order valence-electron chi connectivity index (χ2n) is 5.27. The van der Waals surface area contributed by atoms with E-state index in [0.717, 1.165) is 16.6 Å². The van der Waals surface area contributed by atoms with E-state index in [1.807, 2.05) is 31.2 Å². The van der Waals surface area contributed by atoms with Gasteiger partial charge in [-0.1, -0.05) is 32.0 Å². The first-order valence-corrected chi connectivity index (χ1v) is 6.73. The molecule has 1 aromatic carbocycles.